The SMILES string of the molecule is CCOC(=O)c1csc(CCNCC2CCCO2)n1. The molecule has 0 spiro atoms. The van der Waals surface area contributed by atoms with Gasteiger partial charge in [-0.05, 0) is 19.8 Å². The summed E-state index contributed by atoms with van der Waals surface area (Å²) in [6.45, 7) is 4.82. The van der Waals surface area contributed by atoms with Gasteiger partial charge in [-0.15, -0.1) is 11.3 Å². The molecule has 0 aromatic carbocycles. The molecule has 2 heterocycles. The van der Waals surface area contributed by atoms with Gasteiger partial charge < -0.3 is 14.8 Å². The molecule has 1 fully saturated rings. The molecule has 1 aliphatic heterocycles. The van der Waals surface area contributed by atoms with Crippen molar-refractivity contribution < 1.29 is 14.3 Å². The minimum absolute atomic E-state index is 0.336. The summed E-state index contributed by atoms with van der Waals surface area (Å²) in [5, 5.41) is 6.08. The second-order valence-corrected chi connectivity index (χ2v) is 5.38. The van der Waals surface area contributed by atoms with Gasteiger partial charge in [-0.3, -0.25) is 0 Å². The highest BCUT2D eigenvalue weighted by molar-refractivity contribution is 7.09. The Morgan fingerprint density at radius 2 is 2.58 bits per heavy atom. The fourth-order valence-corrected chi connectivity index (χ4v) is 2.76. The number of nitrogens with one attached hydrogen (secondary N) is 1. The Morgan fingerprint density at radius 3 is 3.32 bits per heavy atom. The van der Waals surface area contributed by atoms with Gasteiger partial charge in [0.25, 0.3) is 0 Å². The van der Waals surface area contributed by atoms with Crippen molar-refractivity contribution in [1.29, 1.82) is 0 Å². The van der Waals surface area contributed by atoms with Gasteiger partial charge in [-0.25, -0.2) is 9.78 Å². The van der Waals surface area contributed by atoms with Crippen LogP contribution in [-0.2, 0) is 15.9 Å². The summed E-state index contributed by atoms with van der Waals surface area (Å²) in [5.41, 5.74) is 0.418. The quantitative estimate of drug-likeness (QED) is 0.609. The third-order valence-electron chi connectivity index (χ3n) is 2.95. The van der Waals surface area contributed by atoms with Crippen LogP contribution in [0, 0.1) is 0 Å². The molecule has 0 saturated carbocycles. The number of hydrogen-bond donors (Lipinski definition) is 1. The molecule has 2 rings (SSSR count). The second kappa shape index (κ2) is 7.57. The standard InChI is InChI=1S/C13H20N2O3S/c1-2-17-13(16)11-9-19-12(15-11)5-6-14-8-10-4-3-7-18-10/h9-10,14H,2-8H2,1H3. The van der Waals surface area contributed by atoms with E-state index in [1.54, 1.807) is 12.3 Å². The lowest BCUT2D eigenvalue weighted by atomic mass is 10.2. The van der Waals surface area contributed by atoms with E-state index in [1.165, 1.54) is 17.8 Å². The van der Waals surface area contributed by atoms with Crippen LogP contribution < -0.4 is 5.32 Å². The maximum Gasteiger partial charge on any atom is 0.357 e. The molecule has 1 aliphatic rings. The highest BCUT2D eigenvalue weighted by Crippen LogP contribution is 2.12. The van der Waals surface area contributed by atoms with Gasteiger partial charge in [0.2, 0.25) is 0 Å². The minimum atomic E-state index is -0.336. The van der Waals surface area contributed by atoms with Crippen LogP contribution in [0.5, 0.6) is 0 Å². The van der Waals surface area contributed by atoms with E-state index in [9.17, 15) is 4.79 Å². The van der Waals surface area contributed by atoms with E-state index < -0.39 is 0 Å². The Bertz CT molecular complexity index is 402. The number of carbonyl (C=O) groups is 1. The van der Waals surface area contributed by atoms with Gasteiger partial charge in [-0.2, -0.15) is 0 Å². The van der Waals surface area contributed by atoms with E-state index in [0.29, 0.717) is 18.4 Å². The zero-order valence-corrected chi connectivity index (χ0v) is 12.0. The van der Waals surface area contributed by atoms with Crippen LogP contribution >= 0.6 is 11.3 Å². The van der Waals surface area contributed by atoms with Gasteiger partial charge in [0.15, 0.2) is 5.69 Å². The lowest BCUT2D eigenvalue weighted by Crippen LogP contribution is -2.27. The Labute approximate surface area is 117 Å². The summed E-state index contributed by atoms with van der Waals surface area (Å²) in [4.78, 5) is 15.7. The van der Waals surface area contributed by atoms with Crippen molar-refractivity contribution in [3.05, 3.63) is 16.1 Å². The number of carbonyl (C=O) groups excluding carboxylic acids is 1. The first-order chi connectivity index (χ1) is 9.29. The second-order valence-electron chi connectivity index (χ2n) is 4.44. The highest BCUT2D eigenvalue weighted by Gasteiger charge is 2.15. The Balaban J connectivity index is 1.66. The van der Waals surface area contributed by atoms with Crippen LogP contribution in [0.3, 0.4) is 0 Å². The average molecular weight is 284 g/mol. The molecule has 106 valence electrons. The number of aromatic nitrogens is 1. The monoisotopic (exact) mass is 284 g/mol. The molecular weight excluding hydrogens is 264 g/mol. The Morgan fingerprint density at radius 1 is 1.68 bits per heavy atom. The number of ether oxygens (including phenoxy) is 2. The van der Waals surface area contributed by atoms with Crippen molar-refractivity contribution >= 4 is 17.3 Å². The molecule has 1 aromatic rings. The van der Waals surface area contributed by atoms with Crippen LogP contribution in [0.2, 0.25) is 0 Å². The topological polar surface area (TPSA) is 60.5 Å². The van der Waals surface area contributed by atoms with Crippen molar-refractivity contribution in [3.8, 4) is 0 Å². The van der Waals surface area contributed by atoms with Crippen molar-refractivity contribution in [2.75, 3.05) is 26.3 Å². The van der Waals surface area contributed by atoms with E-state index in [0.717, 1.165) is 37.5 Å². The first kappa shape index (κ1) is 14.4. The van der Waals surface area contributed by atoms with Crippen LogP contribution in [-0.4, -0.2) is 43.4 Å². The minimum Gasteiger partial charge on any atom is -0.461 e. The van der Waals surface area contributed by atoms with Gasteiger partial charge >= 0.3 is 5.97 Å². The Kier molecular flexibility index (Phi) is 5.75. The molecule has 0 bridgehead atoms. The third kappa shape index (κ3) is 4.56. The maximum atomic E-state index is 11.5. The van der Waals surface area contributed by atoms with Gasteiger partial charge in [0.05, 0.1) is 17.7 Å². The molecule has 1 N–H and O–H groups in total. The van der Waals surface area contributed by atoms with E-state index >= 15 is 0 Å². The normalized spacial score (nSPS) is 18.7. The molecule has 1 saturated heterocycles. The molecule has 0 amide bonds. The molecule has 1 aromatic heterocycles. The Hall–Kier alpha value is -0.980. The summed E-state index contributed by atoms with van der Waals surface area (Å²) in [6.07, 6.45) is 3.52. The van der Waals surface area contributed by atoms with E-state index in [-0.39, 0.29) is 5.97 Å². The first-order valence-corrected chi connectivity index (χ1v) is 7.61. The van der Waals surface area contributed by atoms with Crippen molar-refractivity contribution in [2.24, 2.45) is 0 Å². The average Bonchev–Trinajstić information content (AvgIpc) is 3.06. The summed E-state index contributed by atoms with van der Waals surface area (Å²) < 4.78 is 10.4. The first-order valence-electron chi connectivity index (χ1n) is 6.73. The van der Waals surface area contributed by atoms with Gasteiger partial charge in [0.1, 0.15) is 0 Å². The third-order valence-corrected chi connectivity index (χ3v) is 3.86. The van der Waals surface area contributed by atoms with E-state index in [1.807, 2.05) is 0 Å². The van der Waals surface area contributed by atoms with Crippen molar-refractivity contribution in [3.63, 3.8) is 0 Å². The maximum absolute atomic E-state index is 11.5. The van der Waals surface area contributed by atoms with E-state index in [2.05, 4.69) is 10.3 Å². The zero-order valence-electron chi connectivity index (χ0n) is 11.2. The lowest BCUT2D eigenvalue weighted by molar-refractivity contribution is 0.0520. The smallest absolute Gasteiger partial charge is 0.357 e. The molecular formula is C13H20N2O3S. The fourth-order valence-electron chi connectivity index (χ4n) is 1.99. The number of hydrogen-bond acceptors (Lipinski definition) is 6. The van der Waals surface area contributed by atoms with Crippen LogP contribution in [0.1, 0.15) is 35.3 Å². The fraction of sp³-hybridized carbons (Fsp3) is 0.692. The van der Waals surface area contributed by atoms with Gasteiger partial charge in [-0.1, -0.05) is 0 Å². The number of nitrogens with zero attached hydrogens (tertiary/aromatic N) is 1. The summed E-state index contributed by atoms with van der Waals surface area (Å²) >= 11 is 1.50. The summed E-state index contributed by atoms with van der Waals surface area (Å²) in [7, 11) is 0. The number of rotatable bonds is 7. The molecule has 1 unspecified atom stereocenters. The summed E-state index contributed by atoms with van der Waals surface area (Å²) in [5.74, 6) is -0.336. The van der Waals surface area contributed by atoms with Crippen LogP contribution in [0.4, 0.5) is 0 Å². The predicted molar refractivity (Wildman–Crippen MR) is 73.6 cm³/mol. The molecule has 6 heteroatoms. The van der Waals surface area contributed by atoms with E-state index in [4.69, 9.17) is 9.47 Å². The summed E-state index contributed by atoms with van der Waals surface area (Å²) in [6, 6.07) is 0. The van der Waals surface area contributed by atoms with Crippen LogP contribution in [0.15, 0.2) is 5.38 Å². The molecule has 5 nitrogen and oxygen atoms in total. The molecule has 19 heavy (non-hydrogen) atoms. The molecule has 0 radical (unpaired) electrons. The molecule has 1 atom stereocenters. The number of esters is 1. The van der Waals surface area contributed by atoms with Crippen LogP contribution in [0.25, 0.3) is 0 Å². The predicted octanol–water partition coefficient (Wildman–Crippen LogP) is 1.63. The van der Waals surface area contributed by atoms with Crippen molar-refractivity contribution in [1.82, 2.24) is 10.3 Å². The highest BCUT2D eigenvalue weighted by atomic mass is 32.1. The largest absolute Gasteiger partial charge is 0.461 e. The molecule has 0 aliphatic carbocycles. The van der Waals surface area contributed by atoms with Gasteiger partial charge in [0, 0.05) is 31.5 Å². The van der Waals surface area contributed by atoms with Crippen molar-refractivity contribution in [2.45, 2.75) is 32.3 Å². The zero-order chi connectivity index (χ0) is 13.5. The number of thiazole rings is 1. The lowest BCUT2D eigenvalue weighted by Gasteiger charge is -2.09.